The van der Waals surface area contributed by atoms with Gasteiger partial charge in [0.05, 0.1) is 11.6 Å². The van der Waals surface area contributed by atoms with Crippen LogP contribution < -0.4 is 11.1 Å². The number of likely N-dealkylation sites (N-methyl/N-ethyl adjacent to an activating group) is 1. The van der Waals surface area contributed by atoms with E-state index in [4.69, 9.17) is 5.73 Å². The van der Waals surface area contributed by atoms with Gasteiger partial charge in [0.25, 0.3) is 0 Å². The van der Waals surface area contributed by atoms with Crippen molar-refractivity contribution >= 4 is 11.6 Å². The first-order valence-electron chi connectivity index (χ1n) is 6.44. The summed E-state index contributed by atoms with van der Waals surface area (Å²) < 4.78 is 0. The van der Waals surface area contributed by atoms with Crippen LogP contribution in [-0.2, 0) is 9.59 Å². The van der Waals surface area contributed by atoms with E-state index in [0.717, 1.165) is 19.3 Å². The molecular formula is C14H26N2O2. The molecule has 1 unspecified atom stereocenters. The van der Waals surface area contributed by atoms with Crippen LogP contribution in [0.3, 0.4) is 0 Å². The molecule has 4 heteroatoms. The Bertz CT molecular complexity index is 313. The molecular weight excluding hydrogens is 228 g/mol. The summed E-state index contributed by atoms with van der Waals surface area (Å²) in [7, 11) is 1.81. The lowest BCUT2D eigenvalue weighted by atomic mass is 9.91. The van der Waals surface area contributed by atoms with Gasteiger partial charge < -0.3 is 11.1 Å². The van der Waals surface area contributed by atoms with Crippen LogP contribution in [0, 0.1) is 0 Å². The van der Waals surface area contributed by atoms with E-state index in [1.54, 1.807) is 6.92 Å². The maximum absolute atomic E-state index is 11.4. The summed E-state index contributed by atoms with van der Waals surface area (Å²) in [6, 6.07) is -0.388. The second kappa shape index (κ2) is 8.16. The standard InChI is InChI=1S/C14H26N2O2/c1-11(17)13(15)9-7-5-6-8-10-14(3,16-4)12(2)18/h5,7,13,16H,6,8-10,15H2,1-4H3/b7-5+/t13-,14?/m0/s1. The second-order valence-corrected chi connectivity index (χ2v) is 4.95. The third kappa shape index (κ3) is 6.07. The Kier molecular flexibility index (Phi) is 7.71. The van der Waals surface area contributed by atoms with Gasteiger partial charge in [-0.05, 0) is 53.5 Å². The normalized spacial score (nSPS) is 16.5. The van der Waals surface area contributed by atoms with Crippen molar-refractivity contribution in [2.24, 2.45) is 5.73 Å². The largest absolute Gasteiger partial charge is 0.321 e. The molecule has 0 aromatic rings. The van der Waals surface area contributed by atoms with E-state index < -0.39 is 5.54 Å². The van der Waals surface area contributed by atoms with E-state index in [-0.39, 0.29) is 17.6 Å². The van der Waals surface area contributed by atoms with Crippen molar-refractivity contribution in [2.45, 2.75) is 58.0 Å². The molecule has 0 spiro atoms. The fraction of sp³-hybridized carbons (Fsp3) is 0.714. The summed E-state index contributed by atoms with van der Waals surface area (Å²) in [5.41, 5.74) is 5.18. The van der Waals surface area contributed by atoms with Gasteiger partial charge in [-0.1, -0.05) is 12.2 Å². The topological polar surface area (TPSA) is 72.2 Å². The lowest BCUT2D eigenvalue weighted by Gasteiger charge is -2.25. The summed E-state index contributed by atoms with van der Waals surface area (Å²) in [6.07, 6.45) is 7.20. The van der Waals surface area contributed by atoms with E-state index in [0.29, 0.717) is 6.42 Å². The Morgan fingerprint density at radius 2 is 1.94 bits per heavy atom. The fourth-order valence-electron chi connectivity index (χ4n) is 1.58. The van der Waals surface area contributed by atoms with Crippen LogP contribution in [0.2, 0.25) is 0 Å². The zero-order valence-corrected chi connectivity index (χ0v) is 12.0. The molecule has 2 atom stereocenters. The number of nitrogens with one attached hydrogen (secondary N) is 1. The number of nitrogens with two attached hydrogens (primary N) is 1. The van der Waals surface area contributed by atoms with E-state index in [2.05, 4.69) is 5.32 Å². The Morgan fingerprint density at radius 3 is 2.39 bits per heavy atom. The molecule has 0 aliphatic rings. The van der Waals surface area contributed by atoms with Crippen LogP contribution >= 0.6 is 0 Å². The predicted octanol–water partition coefficient (Wildman–Crippen LogP) is 1.59. The smallest absolute Gasteiger partial charge is 0.149 e. The van der Waals surface area contributed by atoms with Crippen LogP contribution in [0.4, 0.5) is 0 Å². The van der Waals surface area contributed by atoms with E-state index in [1.807, 2.05) is 26.1 Å². The van der Waals surface area contributed by atoms with Crippen LogP contribution in [0.15, 0.2) is 12.2 Å². The Balaban J connectivity index is 3.89. The van der Waals surface area contributed by atoms with Crippen molar-refractivity contribution in [2.75, 3.05) is 7.05 Å². The average Bonchev–Trinajstić information content (AvgIpc) is 2.32. The van der Waals surface area contributed by atoms with Gasteiger partial charge in [0.15, 0.2) is 0 Å². The van der Waals surface area contributed by atoms with Crippen molar-refractivity contribution in [3.8, 4) is 0 Å². The molecule has 0 bridgehead atoms. The SMILES string of the molecule is CNC(C)(CCC/C=C/C[C@H](N)C(C)=O)C(C)=O. The van der Waals surface area contributed by atoms with E-state index in [1.165, 1.54) is 6.92 Å². The third-order valence-corrected chi connectivity index (χ3v) is 3.46. The van der Waals surface area contributed by atoms with Crippen LogP contribution in [0.1, 0.15) is 46.5 Å². The van der Waals surface area contributed by atoms with Gasteiger partial charge in [0, 0.05) is 0 Å². The predicted molar refractivity (Wildman–Crippen MR) is 74.4 cm³/mol. The summed E-state index contributed by atoms with van der Waals surface area (Å²) in [5.74, 6) is 0.173. The first-order valence-corrected chi connectivity index (χ1v) is 6.44. The van der Waals surface area contributed by atoms with Crippen LogP contribution in [-0.4, -0.2) is 30.2 Å². The van der Waals surface area contributed by atoms with Crippen molar-refractivity contribution < 1.29 is 9.59 Å². The molecule has 0 saturated carbocycles. The van der Waals surface area contributed by atoms with Crippen molar-refractivity contribution in [3.05, 3.63) is 12.2 Å². The molecule has 0 aliphatic heterocycles. The first-order chi connectivity index (χ1) is 8.33. The van der Waals surface area contributed by atoms with Gasteiger partial charge >= 0.3 is 0 Å². The van der Waals surface area contributed by atoms with E-state index in [9.17, 15) is 9.59 Å². The van der Waals surface area contributed by atoms with Crippen molar-refractivity contribution in [1.29, 1.82) is 0 Å². The number of rotatable bonds is 9. The van der Waals surface area contributed by atoms with Gasteiger partial charge in [-0.2, -0.15) is 0 Å². The first kappa shape index (κ1) is 17.0. The number of carbonyl (C=O) groups excluding carboxylic acids is 2. The van der Waals surface area contributed by atoms with Crippen molar-refractivity contribution in [1.82, 2.24) is 5.32 Å². The number of ketones is 2. The lowest BCUT2D eigenvalue weighted by molar-refractivity contribution is -0.122. The van der Waals surface area contributed by atoms with E-state index >= 15 is 0 Å². The lowest BCUT2D eigenvalue weighted by Crippen LogP contribution is -2.46. The summed E-state index contributed by atoms with van der Waals surface area (Å²) in [6.45, 7) is 5.03. The fourth-order valence-corrected chi connectivity index (χ4v) is 1.58. The molecule has 0 heterocycles. The number of Topliss-reactive ketones (excluding diaryl/α,β-unsaturated/α-hetero) is 2. The number of unbranched alkanes of at least 4 members (excludes halogenated alkanes) is 1. The molecule has 0 amide bonds. The highest BCUT2D eigenvalue weighted by Crippen LogP contribution is 2.14. The van der Waals surface area contributed by atoms with Crippen molar-refractivity contribution in [3.63, 3.8) is 0 Å². The quantitative estimate of drug-likeness (QED) is 0.484. The monoisotopic (exact) mass is 254 g/mol. The minimum absolute atomic E-state index is 0.0130. The molecule has 4 nitrogen and oxygen atoms in total. The second-order valence-electron chi connectivity index (χ2n) is 4.95. The molecule has 0 aliphatic carbocycles. The van der Waals surface area contributed by atoms with Gasteiger partial charge in [-0.3, -0.25) is 9.59 Å². The zero-order chi connectivity index (χ0) is 14.2. The minimum atomic E-state index is -0.427. The Morgan fingerprint density at radius 1 is 1.33 bits per heavy atom. The summed E-state index contributed by atoms with van der Waals surface area (Å²) >= 11 is 0. The van der Waals surface area contributed by atoms with Gasteiger partial charge in [0.2, 0.25) is 0 Å². The van der Waals surface area contributed by atoms with Gasteiger partial charge in [-0.15, -0.1) is 0 Å². The third-order valence-electron chi connectivity index (χ3n) is 3.46. The molecule has 0 rings (SSSR count). The summed E-state index contributed by atoms with van der Waals surface area (Å²) in [4.78, 5) is 22.4. The maximum Gasteiger partial charge on any atom is 0.149 e. The minimum Gasteiger partial charge on any atom is -0.321 e. The highest BCUT2D eigenvalue weighted by Gasteiger charge is 2.26. The van der Waals surface area contributed by atoms with Gasteiger partial charge in [-0.25, -0.2) is 0 Å². The number of hydrogen-bond acceptors (Lipinski definition) is 4. The molecule has 0 fully saturated rings. The zero-order valence-electron chi connectivity index (χ0n) is 12.0. The summed E-state index contributed by atoms with van der Waals surface area (Å²) in [5, 5.41) is 3.06. The molecule has 0 radical (unpaired) electrons. The number of allylic oxidation sites excluding steroid dienone is 1. The molecule has 18 heavy (non-hydrogen) atoms. The van der Waals surface area contributed by atoms with Gasteiger partial charge in [0.1, 0.15) is 11.6 Å². The highest BCUT2D eigenvalue weighted by molar-refractivity contribution is 5.85. The Labute approximate surface area is 110 Å². The average molecular weight is 254 g/mol. The molecule has 0 aromatic carbocycles. The molecule has 0 saturated heterocycles. The van der Waals surface area contributed by atoms with Crippen LogP contribution in [0.25, 0.3) is 0 Å². The molecule has 3 N–H and O–H groups in total. The Hall–Kier alpha value is -1.00. The van der Waals surface area contributed by atoms with Crippen LogP contribution in [0.5, 0.6) is 0 Å². The number of hydrogen-bond donors (Lipinski definition) is 2. The maximum atomic E-state index is 11.4. The highest BCUT2D eigenvalue weighted by atomic mass is 16.1. The number of carbonyl (C=O) groups is 2. The molecule has 104 valence electrons. The molecule has 0 aromatic heterocycles.